The Morgan fingerprint density at radius 2 is 1.76 bits per heavy atom. The summed E-state index contributed by atoms with van der Waals surface area (Å²) >= 11 is 6.11. The summed E-state index contributed by atoms with van der Waals surface area (Å²) in [4.78, 5) is 44.1. The van der Waals surface area contributed by atoms with Gasteiger partial charge in [-0.05, 0) is 74.4 Å². The summed E-state index contributed by atoms with van der Waals surface area (Å²) in [5.41, 5.74) is 1.52. The van der Waals surface area contributed by atoms with Gasteiger partial charge in [0, 0.05) is 35.4 Å². The van der Waals surface area contributed by atoms with Crippen LogP contribution in [-0.4, -0.2) is 48.7 Å². The van der Waals surface area contributed by atoms with Crippen molar-refractivity contribution in [3.05, 3.63) is 88.2 Å². The number of ether oxygens (including phenoxy) is 1. The number of piperidine rings is 1. The molecule has 8 nitrogen and oxygen atoms in total. The van der Waals surface area contributed by atoms with Gasteiger partial charge in [0.05, 0.1) is 41.4 Å². The van der Waals surface area contributed by atoms with E-state index in [1.54, 1.807) is 37.5 Å². The molecule has 3 aromatic carbocycles. The van der Waals surface area contributed by atoms with Gasteiger partial charge in [-0.25, -0.2) is 9.38 Å². The van der Waals surface area contributed by atoms with Gasteiger partial charge >= 0.3 is 5.97 Å². The Bertz CT molecular complexity index is 1510. The Morgan fingerprint density at radius 1 is 1.05 bits per heavy atom. The highest BCUT2D eigenvalue weighted by atomic mass is 35.5. The second-order valence-corrected chi connectivity index (χ2v) is 9.73. The van der Waals surface area contributed by atoms with E-state index in [2.05, 4.69) is 21.5 Å². The van der Waals surface area contributed by atoms with Crippen LogP contribution in [-0.2, 0) is 9.53 Å². The Labute approximate surface area is 242 Å². The maximum Gasteiger partial charge on any atom is 0.309 e. The smallest absolute Gasteiger partial charge is 0.309 e. The molecule has 0 atom stereocenters. The van der Waals surface area contributed by atoms with Crippen molar-refractivity contribution in [2.75, 3.05) is 30.3 Å². The number of rotatable bonds is 8. The monoisotopic (exact) mass is 574 g/mol. The van der Waals surface area contributed by atoms with Gasteiger partial charge < -0.3 is 20.3 Å². The number of hydrogen-bond acceptors (Lipinski definition) is 5. The van der Waals surface area contributed by atoms with E-state index in [-0.39, 0.29) is 33.7 Å². The average molecular weight is 575 g/mol. The minimum Gasteiger partial charge on any atom is -0.466 e. The predicted molar refractivity (Wildman–Crippen MR) is 157 cm³/mol. The van der Waals surface area contributed by atoms with E-state index in [1.807, 2.05) is 4.90 Å². The third-order valence-electron chi connectivity index (χ3n) is 6.50. The maximum atomic E-state index is 14.9. The van der Waals surface area contributed by atoms with Gasteiger partial charge in [-0.1, -0.05) is 17.5 Å². The summed E-state index contributed by atoms with van der Waals surface area (Å²) in [5, 5.41) is 5.61. The predicted octanol–water partition coefficient (Wildman–Crippen LogP) is 5.90. The molecule has 41 heavy (non-hydrogen) atoms. The molecule has 0 saturated carbocycles. The molecule has 210 valence electrons. The second-order valence-electron chi connectivity index (χ2n) is 9.29. The van der Waals surface area contributed by atoms with Crippen LogP contribution in [0.3, 0.4) is 0 Å². The molecule has 2 N–H and O–H groups in total. The fourth-order valence-electron chi connectivity index (χ4n) is 4.28. The van der Waals surface area contributed by atoms with Gasteiger partial charge in [0.15, 0.2) is 0 Å². The van der Waals surface area contributed by atoms with E-state index in [1.165, 1.54) is 30.3 Å². The van der Waals surface area contributed by atoms with Crippen LogP contribution in [0.2, 0.25) is 5.02 Å². The zero-order chi connectivity index (χ0) is 29.4. The SMILES string of the molecule is C#Cc1ccc(NC(=O)c2cc(Cl)ccc2NC(=O)c2ccc(N=CN3CCC(C(=O)OCC)CC3)cc2F)cc1. The zero-order valence-corrected chi connectivity index (χ0v) is 23.1. The van der Waals surface area contributed by atoms with E-state index >= 15 is 0 Å². The van der Waals surface area contributed by atoms with Gasteiger partial charge in [0.2, 0.25) is 0 Å². The summed E-state index contributed by atoms with van der Waals surface area (Å²) in [7, 11) is 0. The summed E-state index contributed by atoms with van der Waals surface area (Å²) in [5.74, 6) is 0.163. The quantitative estimate of drug-likeness (QED) is 0.151. The lowest BCUT2D eigenvalue weighted by Gasteiger charge is -2.29. The number of terminal acetylenes is 1. The molecule has 1 saturated heterocycles. The topological polar surface area (TPSA) is 100 Å². The number of carbonyl (C=O) groups excluding carboxylic acids is 3. The zero-order valence-electron chi connectivity index (χ0n) is 22.3. The van der Waals surface area contributed by atoms with Crippen molar-refractivity contribution in [3.8, 4) is 12.3 Å². The highest BCUT2D eigenvalue weighted by molar-refractivity contribution is 6.31. The van der Waals surface area contributed by atoms with Crippen LogP contribution in [0.15, 0.2) is 65.7 Å². The van der Waals surface area contributed by atoms with Crippen molar-refractivity contribution >= 4 is 52.8 Å². The lowest BCUT2D eigenvalue weighted by atomic mass is 9.97. The first-order chi connectivity index (χ1) is 19.8. The van der Waals surface area contributed by atoms with E-state index in [0.717, 1.165) is 6.07 Å². The van der Waals surface area contributed by atoms with Crippen molar-refractivity contribution in [3.63, 3.8) is 0 Å². The number of halogens is 2. The molecule has 0 spiro atoms. The molecular weight excluding hydrogens is 547 g/mol. The van der Waals surface area contributed by atoms with Crippen LogP contribution in [0, 0.1) is 24.1 Å². The second kappa shape index (κ2) is 13.6. The van der Waals surface area contributed by atoms with Gasteiger partial charge in [-0.3, -0.25) is 14.4 Å². The molecule has 0 aliphatic carbocycles. The van der Waals surface area contributed by atoms with Gasteiger partial charge in [-0.2, -0.15) is 0 Å². The first-order valence-corrected chi connectivity index (χ1v) is 13.4. The van der Waals surface area contributed by atoms with E-state index in [0.29, 0.717) is 49.5 Å². The molecule has 1 aliphatic rings. The summed E-state index contributed by atoms with van der Waals surface area (Å²) in [6, 6.07) is 15.1. The Balaban J connectivity index is 1.41. The largest absolute Gasteiger partial charge is 0.466 e. The summed E-state index contributed by atoms with van der Waals surface area (Å²) in [6.45, 7) is 3.40. The van der Waals surface area contributed by atoms with Crippen molar-refractivity contribution in [2.24, 2.45) is 10.9 Å². The number of nitrogens with one attached hydrogen (secondary N) is 2. The molecule has 0 aromatic heterocycles. The third kappa shape index (κ3) is 7.71. The molecule has 1 aliphatic heterocycles. The Hall–Kier alpha value is -4.68. The molecule has 4 rings (SSSR count). The van der Waals surface area contributed by atoms with Crippen molar-refractivity contribution in [1.29, 1.82) is 0 Å². The van der Waals surface area contributed by atoms with Crippen LogP contribution in [0.4, 0.5) is 21.5 Å². The molecule has 3 aromatic rings. The van der Waals surface area contributed by atoms with E-state index in [4.69, 9.17) is 22.8 Å². The number of anilines is 2. The van der Waals surface area contributed by atoms with Crippen molar-refractivity contribution in [2.45, 2.75) is 19.8 Å². The minimum atomic E-state index is -0.772. The normalized spacial score (nSPS) is 13.5. The Morgan fingerprint density at radius 3 is 2.41 bits per heavy atom. The average Bonchev–Trinajstić information content (AvgIpc) is 2.97. The van der Waals surface area contributed by atoms with Crippen LogP contribution in [0.1, 0.15) is 46.0 Å². The van der Waals surface area contributed by atoms with E-state index in [9.17, 15) is 18.8 Å². The van der Waals surface area contributed by atoms with Crippen molar-refractivity contribution in [1.82, 2.24) is 4.90 Å². The highest BCUT2D eigenvalue weighted by Gasteiger charge is 2.25. The third-order valence-corrected chi connectivity index (χ3v) is 6.74. The number of carbonyl (C=O) groups is 3. The fourth-order valence-corrected chi connectivity index (χ4v) is 4.45. The Kier molecular flexibility index (Phi) is 9.72. The number of esters is 1. The van der Waals surface area contributed by atoms with Crippen LogP contribution in [0.5, 0.6) is 0 Å². The number of nitrogens with zero attached hydrogens (tertiary/aromatic N) is 2. The van der Waals surface area contributed by atoms with Crippen LogP contribution < -0.4 is 10.6 Å². The van der Waals surface area contributed by atoms with Gasteiger partial charge in [-0.15, -0.1) is 6.42 Å². The molecule has 0 unspecified atom stereocenters. The molecule has 10 heteroatoms. The van der Waals surface area contributed by atoms with E-state index < -0.39 is 17.6 Å². The van der Waals surface area contributed by atoms with Gasteiger partial charge in [0.1, 0.15) is 5.82 Å². The van der Waals surface area contributed by atoms with Crippen molar-refractivity contribution < 1.29 is 23.5 Å². The first kappa shape index (κ1) is 29.3. The highest BCUT2D eigenvalue weighted by Crippen LogP contribution is 2.25. The number of benzene rings is 3. The van der Waals surface area contributed by atoms with Crippen LogP contribution >= 0.6 is 11.6 Å². The number of hydrogen-bond donors (Lipinski definition) is 2. The van der Waals surface area contributed by atoms with Gasteiger partial charge in [0.25, 0.3) is 11.8 Å². The van der Waals surface area contributed by atoms with Crippen LogP contribution in [0.25, 0.3) is 0 Å². The minimum absolute atomic E-state index is 0.0974. The molecular formula is C31H28ClFN4O4. The lowest BCUT2D eigenvalue weighted by molar-refractivity contribution is -0.149. The number of aliphatic imine (C=N–C) groups is 1. The fraction of sp³-hybridized carbons (Fsp3) is 0.226. The number of likely N-dealkylation sites (tertiary alicyclic amines) is 1. The maximum absolute atomic E-state index is 14.9. The molecule has 1 fully saturated rings. The molecule has 0 radical (unpaired) electrons. The lowest BCUT2D eigenvalue weighted by Crippen LogP contribution is -2.36. The molecule has 0 bridgehead atoms. The number of amides is 2. The molecule has 2 amide bonds. The summed E-state index contributed by atoms with van der Waals surface area (Å²) in [6.07, 6.45) is 8.28. The first-order valence-electron chi connectivity index (χ1n) is 13.0. The summed E-state index contributed by atoms with van der Waals surface area (Å²) < 4.78 is 20.0. The molecule has 1 heterocycles. The standard InChI is InChI=1S/C31H28ClFN4O4/c1-3-20-5-8-23(9-6-20)35-30(39)26-17-22(32)7-12-28(26)36-29(38)25-11-10-24(18-27(25)33)34-19-37-15-13-21(14-16-37)31(40)41-4-2/h1,5-12,17-19,21H,4,13-16H2,2H3,(H,35,39)(H,36,38).